The van der Waals surface area contributed by atoms with Gasteiger partial charge in [0.15, 0.2) is 0 Å². The number of aliphatic hydroxyl groups is 1. The highest BCUT2D eigenvalue weighted by Crippen LogP contribution is 2.27. The SMILES string of the molecule is CC=CNCC(O)COc1cccc2sncc12. The normalized spacial score (nSPS) is 13.0. The van der Waals surface area contributed by atoms with E-state index in [1.807, 2.05) is 31.2 Å². The first-order valence-electron chi connectivity index (χ1n) is 5.80. The summed E-state index contributed by atoms with van der Waals surface area (Å²) in [5, 5.41) is 13.7. The van der Waals surface area contributed by atoms with E-state index in [-0.39, 0.29) is 6.61 Å². The van der Waals surface area contributed by atoms with Crippen molar-refractivity contribution in [3.63, 3.8) is 0 Å². The molecule has 18 heavy (non-hydrogen) atoms. The van der Waals surface area contributed by atoms with E-state index in [9.17, 15) is 5.11 Å². The van der Waals surface area contributed by atoms with Crippen molar-refractivity contribution in [1.82, 2.24) is 9.69 Å². The van der Waals surface area contributed by atoms with Gasteiger partial charge in [0.1, 0.15) is 18.5 Å². The zero-order chi connectivity index (χ0) is 12.8. The standard InChI is InChI=1S/C13H16N2O2S/c1-2-6-14-7-10(16)9-17-12-4-3-5-13-11(12)8-15-18-13/h2-6,8,10,14,16H,7,9H2,1H3. The Hall–Kier alpha value is -1.59. The highest BCUT2D eigenvalue weighted by molar-refractivity contribution is 7.13. The minimum Gasteiger partial charge on any atom is -0.490 e. The molecule has 0 fully saturated rings. The van der Waals surface area contributed by atoms with Crippen LogP contribution < -0.4 is 10.1 Å². The Bertz CT molecular complexity index is 524. The fourth-order valence-corrected chi connectivity index (χ4v) is 2.22. The van der Waals surface area contributed by atoms with Gasteiger partial charge in [-0.2, -0.15) is 4.37 Å². The van der Waals surface area contributed by atoms with Crippen LogP contribution in [0.25, 0.3) is 10.1 Å². The van der Waals surface area contributed by atoms with Crippen molar-refractivity contribution in [2.24, 2.45) is 0 Å². The van der Waals surface area contributed by atoms with Crippen LogP contribution in [0.2, 0.25) is 0 Å². The zero-order valence-electron chi connectivity index (χ0n) is 10.2. The number of hydrogen-bond donors (Lipinski definition) is 2. The summed E-state index contributed by atoms with van der Waals surface area (Å²) in [6.07, 6.45) is 4.93. The summed E-state index contributed by atoms with van der Waals surface area (Å²) >= 11 is 1.44. The number of allylic oxidation sites excluding steroid dienone is 1. The van der Waals surface area contributed by atoms with E-state index in [1.165, 1.54) is 11.5 Å². The Morgan fingerprint density at radius 3 is 3.28 bits per heavy atom. The molecule has 1 aromatic heterocycles. The van der Waals surface area contributed by atoms with E-state index < -0.39 is 6.10 Å². The molecule has 0 aliphatic rings. The third-order valence-electron chi connectivity index (χ3n) is 2.43. The number of fused-ring (bicyclic) bond motifs is 1. The zero-order valence-corrected chi connectivity index (χ0v) is 11.0. The molecule has 0 saturated carbocycles. The molecule has 2 rings (SSSR count). The second-order valence-corrected chi connectivity index (χ2v) is 4.70. The lowest BCUT2D eigenvalue weighted by Gasteiger charge is -2.12. The molecule has 4 nitrogen and oxygen atoms in total. The molecule has 96 valence electrons. The van der Waals surface area contributed by atoms with Crippen LogP contribution in [0.4, 0.5) is 0 Å². The topological polar surface area (TPSA) is 54.4 Å². The summed E-state index contributed by atoms with van der Waals surface area (Å²) in [5.41, 5.74) is 0. The molecule has 2 N–H and O–H groups in total. The lowest BCUT2D eigenvalue weighted by atomic mass is 10.2. The summed E-state index contributed by atoms with van der Waals surface area (Å²) < 4.78 is 10.8. The van der Waals surface area contributed by atoms with Crippen molar-refractivity contribution in [3.8, 4) is 5.75 Å². The van der Waals surface area contributed by atoms with Crippen molar-refractivity contribution in [2.45, 2.75) is 13.0 Å². The van der Waals surface area contributed by atoms with Crippen molar-refractivity contribution in [1.29, 1.82) is 0 Å². The fraction of sp³-hybridized carbons (Fsp3) is 0.308. The molecule has 0 spiro atoms. The van der Waals surface area contributed by atoms with Gasteiger partial charge in [-0.25, -0.2) is 0 Å². The average molecular weight is 264 g/mol. The maximum absolute atomic E-state index is 9.73. The van der Waals surface area contributed by atoms with Gasteiger partial charge in [-0.3, -0.25) is 0 Å². The number of benzene rings is 1. The number of nitrogens with zero attached hydrogens (tertiary/aromatic N) is 1. The van der Waals surface area contributed by atoms with Crippen LogP contribution in [0, 0.1) is 0 Å². The molecule has 0 aliphatic heterocycles. The number of rotatable bonds is 6. The number of ether oxygens (including phenoxy) is 1. The molecule has 0 radical (unpaired) electrons. The third-order valence-corrected chi connectivity index (χ3v) is 3.19. The molecule has 0 bridgehead atoms. The van der Waals surface area contributed by atoms with Crippen LogP contribution >= 0.6 is 11.5 Å². The van der Waals surface area contributed by atoms with E-state index >= 15 is 0 Å². The van der Waals surface area contributed by atoms with Crippen LogP contribution in [-0.2, 0) is 0 Å². The molecule has 1 heterocycles. The highest BCUT2D eigenvalue weighted by atomic mass is 32.1. The van der Waals surface area contributed by atoms with Gasteiger partial charge in [0.05, 0.1) is 16.3 Å². The highest BCUT2D eigenvalue weighted by Gasteiger charge is 2.07. The number of aromatic nitrogens is 1. The van der Waals surface area contributed by atoms with Gasteiger partial charge in [-0.1, -0.05) is 12.1 Å². The molecule has 0 saturated heterocycles. The largest absolute Gasteiger partial charge is 0.490 e. The molecule has 1 unspecified atom stereocenters. The maximum Gasteiger partial charge on any atom is 0.129 e. The molecule has 2 aromatic rings. The first kappa shape index (κ1) is 12.9. The Morgan fingerprint density at radius 2 is 2.44 bits per heavy atom. The Labute approximate surface area is 110 Å². The van der Waals surface area contributed by atoms with Gasteiger partial charge in [0.25, 0.3) is 0 Å². The molecule has 0 amide bonds. The van der Waals surface area contributed by atoms with Crippen molar-refractivity contribution in [2.75, 3.05) is 13.2 Å². The van der Waals surface area contributed by atoms with Gasteiger partial charge in [0.2, 0.25) is 0 Å². The lowest BCUT2D eigenvalue weighted by molar-refractivity contribution is 0.110. The predicted molar refractivity (Wildman–Crippen MR) is 73.9 cm³/mol. The molecule has 1 atom stereocenters. The van der Waals surface area contributed by atoms with E-state index in [0.29, 0.717) is 6.54 Å². The van der Waals surface area contributed by atoms with Gasteiger partial charge >= 0.3 is 0 Å². The van der Waals surface area contributed by atoms with Crippen LogP contribution in [0.5, 0.6) is 5.75 Å². The van der Waals surface area contributed by atoms with Crippen molar-refractivity contribution in [3.05, 3.63) is 36.7 Å². The van der Waals surface area contributed by atoms with E-state index in [0.717, 1.165) is 15.8 Å². The number of hydrogen-bond acceptors (Lipinski definition) is 5. The van der Waals surface area contributed by atoms with E-state index in [4.69, 9.17) is 4.74 Å². The smallest absolute Gasteiger partial charge is 0.129 e. The van der Waals surface area contributed by atoms with Gasteiger partial charge in [-0.15, -0.1) is 0 Å². The van der Waals surface area contributed by atoms with Crippen LogP contribution in [0.15, 0.2) is 36.7 Å². The van der Waals surface area contributed by atoms with Gasteiger partial charge in [-0.05, 0) is 36.8 Å². The summed E-state index contributed by atoms with van der Waals surface area (Å²) in [6, 6.07) is 5.83. The average Bonchev–Trinajstić information content (AvgIpc) is 2.85. The van der Waals surface area contributed by atoms with Crippen molar-refractivity contribution >= 4 is 21.6 Å². The summed E-state index contributed by atoms with van der Waals surface area (Å²) in [5.74, 6) is 0.770. The van der Waals surface area contributed by atoms with E-state index in [1.54, 1.807) is 12.4 Å². The van der Waals surface area contributed by atoms with Gasteiger partial charge < -0.3 is 15.2 Å². The Kier molecular flexibility index (Phi) is 4.55. The Balaban J connectivity index is 1.91. The molecular weight excluding hydrogens is 248 g/mol. The second kappa shape index (κ2) is 6.37. The summed E-state index contributed by atoms with van der Waals surface area (Å²) in [7, 11) is 0. The lowest BCUT2D eigenvalue weighted by Crippen LogP contribution is -2.28. The summed E-state index contributed by atoms with van der Waals surface area (Å²) in [6.45, 7) is 2.65. The van der Waals surface area contributed by atoms with Gasteiger partial charge in [0, 0.05) is 6.54 Å². The van der Waals surface area contributed by atoms with Crippen LogP contribution in [0.1, 0.15) is 6.92 Å². The maximum atomic E-state index is 9.73. The summed E-state index contributed by atoms with van der Waals surface area (Å²) in [4.78, 5) is 0. The molecular formula is C13H16N2O2S. The van der Waals surface area contributed by atoms with E-state index in [2.05, 4.69) is 9.69 Å². The quantitative estimate of drug-likeness (QED) is 0.839. The minimum atomic E-state index is -0.539. The third kappa shape index (κ3) is 3.21. The minimum absolute atomic E-state index is 0.263. The monoisotopic (exact) mass is 264 g/mol. The predicted octanol–water partition coefficient (Wildman–Crippen LogP) is 2.16. The molecule has 5 heteroatoms. The van der Waals surface area contributed by atoms with Crippen LogP contribution in [0.3, 0.4) is 0 Å². The molecule has 0 aliphatic carbocycles. The number of nitrogens with one attached hydrogen (secondary N) is 1. The second-order valence-electron chi connectivity index (χ2n) is 3.87. The fourth-order valence-electron chi connectivity index (χ4n) is 1.56. The Morgan fingerprint density at radius 1 is 1.56 bits per heavy atom. The number of aliphatic hydroxyl groups excluding tert-OH is 1. The first-order chi connectivity index (χ1) is 8.81. The van der Waals surface area contributed by atoms with Crippen LogP contribution in [-0.4, -0.2) is 28.7 Å². The first-order valence-corrected chi connectivity index (χ1v) is 6.57. The van der Waals surface area contributed by atoms with Crippen molar-refractivity contribution < 1.29 is 9.84 Å². The molecule has 1 aromatic carbocycles.